The molecule has 6 heteroatoms. The second-order valence-corrected chi connectivity index (χ2v) is 5.55. The van der Waals surface area contributed by atoms with Crippen molar-refractivity contribution in [2.75, 3.05) is 0 Å². The van der Waals surface area contributed by atoms with Crippen molar-refractivity contribution >= 4 is 32.3 Å². The fourth-order valence-corrected chi connectivity index (χ4v) is 3.20. The molecule has 0 aliphatic carbocycles. The molecule has 0 spiro atoms. The first-order valence-electron chi connectivity index (χ1n) is 7.08. The van der Waals surface area contributed by atoms with Crippen LogP contribution in [-0.2, 0) is 0 Å². The summed E-state index contributed by atoms with van der Waals surface area (Å²) in [4.78, 5) is 0. The third-order valence-electron chi connectivity index (χ3n) is 4.29. The zero-order valence-electron chi connectivity index (χ0n) is 12.1. The van der Waals surface area contributed by atoms with Crippen LogP contribution in [0, 0.1) is 0 Å². The molecule has 0 aliphatic heterocycles. The molecule has 6 N–H and O–H groups in total. The van der Waals surface area contributed by atoms with E-state index >= 15 is 0 Å². The molecule has 0 atom stereocenters. The van der Waals surface area contributed by atoms with Crippen molar-refractivity contribution in [3.05, 3.63) is 36.4 Å². The molecule has 0 saturated heterocycles. The van der Waals surface area contributed by atoms with Crippen LogP contribution in [0.2, 0.25) is 0 Å². The Morgan fingerprint density at radius 3 is 1.58 bits per heavy atom. The molecular formula is C18H12O6. The molecule has 0 fully saturated rings. The molecule has 6 nitrogen and oxygen atoms in total. The van der Waals surface area contributed by atoms with E-state index < -0.39 is 34.5 Å². The monoisotopic (exact) mass is 324 g/mol. The van der Waals surface area contributed by atoms with E-state index in [1.807, 2.05) is 0 Å². The number of fused-ring (bicyclic) bond motifs is 6. The predicted octanol–water partition coefficient (Wildman–Crippen LogP) is 3.38. The molecule has 4 aromatic rings. The Kier molecular flexibility index (Phi) is 2.63. The smallest absolute Gasteiger partial charge is 0.204 e. The van der Waals surface area contributed by atoms with E-state index in [0.29, 0.717) is 16.2 Å². The quantitative estimate of drug-likeness (QED) is 0.167. The summed E-state index contributed by atoms with van der Waals surface area (Å²) < 4.78 is 0. The second kappa shape index (κ2) is 4.48. The van der Waals surface area contributed by atoms with Gasteiger partial charge in [-0.1, -0.05) is 24.3 Å². The second-order valence-electron chi connectivity index (χ2n) is 5.55. The third kappa shape index (κ3) is 1.54. The lowest BCUT2D eigenvalue weighted by Crippen LogP contribution is -1.87. The topological polar surface area (TPSA) is 121 Å². The molecule has 0 bridgehead atoms. The first kappa shape index (κ1) is 14.1. The minimum Gasteiger partial charge on any atom is -0.504 e. The van der Waals surface area contributed by atoms with Crippen molar-refractivity contribution in [2.24, 2.45) is 0 Å². The molecular weight excluding hydrogens is 312 g/mol. The minimum atomic E-state index is -0.903. The molecule has 0 heterocycles. The number of benzene rings is 4. The predicted molar refractivity (Wildman–Crippen MR) is 88.9 cm³/mol. The highest BCUT2D eigenvalue weighted by atomic mass is 16.3. The van der Waals surface area contributed by atoms with E-state index in [2.05, 4.69) is 0 Å². The molecule has 0 unspecified atom stereocenters. The summed E-state index contributed by atoms with van der Waals surface area (Å²) >= 11 is 0. The van der Waals surface area contributed by atoms with Gasteiger partial charge in [0.2, 0.25) is 11.5 Å². The standard InChI is InChI=1S/C18H12O6/c19-10-6-5-9-7-3-1-2-4-8(7)12-13(11(9)14(10)20)16(22)18(24)17(23)15(12)21/h1-6,19-24H. The normalized spacial score (nSPS) is 11.5. The maximum absolute atomic E-state index is 10.3. The molecule has 120 valence electrons. The molecule has 0 amide bonds. The summed E-state index contributed by atoms with van der Waals surface area (Å²) in [6, 6.07) is 9.77. The van der Waals surface area contributed by atoms with Gasteiger partial charge in [0.1, 0.15) is 0 Å². The molecule has 4 rings (SSSR count). The molecule has 0 aliphatic rings. The van der Waals surface area contributed by atoms with Gasteiger partial charge in [-0.2, -0.15) is 0 Å². The van der Waals surface area contributed by atoms with Crippen LogP contribution in [0.25, 0.3) is 32.3 Å². The Balaban J connectivity index is 2.53. The van der Waals surface area contributed by atoms with Gasteiger partial charge in [-0.25, -0.2) is 0 Å². The maximum atomic E-state index is 10.3. The van der Waals surface area contributed by atoms with Crippen LogP contribution in [0.4, 0.5) is 0 Å². The van der Waals surface area contributed by atoms with Gasteiger partial charge in [0.25, 0.3) is 0 Å². The summed E-state index contributed by atoms with van der Waals surface area (Å²) in [5, 5.41) is 62.2. The van der Waals surface area contributed by atoms with Crippen molar-refractivity contribution in [3.63, 3.8) is 0 Å². The van der Waals surface area contributed by atoms with Gasteiger partial charge in [0.05, 0.1) is 0 Å². The Morgan fingerprint density at radius 2 is 0.917 bits per heavy atom. The van der Waals surface area contributed by atoms with Crippen molar-refractivity contribution in [1.29, 1.82) is 0 Å². The Hall–Kier alpha value is -3.54. The highest BCUT2D eigenvalue weighted by Crippen LogP contribution is 2.55. The van der Waals surface area contributed by atoms with Gasteiger partial charge >= 0.3 is 0 Å². The Labute approximate surface area is 134 Å². The minimum absolute atomic E-state index is 0.0619. The maximum Gasteiger partial charge on any atom is 0.204 e. The summed E-state index contributed by atoms with van der Waals surface area (Å²) in [6.45, 7) is 0. The van der Waals surface area contributed by atoms with E-state index in [9.17, 15) is 30.6 Å². The zero-order chi connectivity index (χ0) is 17.2. The van der Waals surface area contributed by atoms with E-state index in [1.165, 1.54) is 6.07 Å². The van der Waals surface area contributed by atoms with Gasteiger partial charge in [-0.05, 0) is 28.3 Å². The number of hydrogen-bond acceptors (Lipinski definition) is 6. The molecule has 0 saturated carbocycles. The zero-order valence-corrected chi connectivity index (χ0v) is 12.1. The van der Waals surface area contributed by atoms with Crippen LogP contribution < -0.4 is 0 Å². The van der Waals surface area contributed by atoms with Crippen molar-refractivity contribution < 1.29 is 30.6 Å². The van der Waals surface area contributed by atoms with Crippen LogP contribution in [0.15, 0.2) is 36.4 Å². The average Bonchev–Trinajstić information content (AvgIpc) is 2.59. The molecule has 0 radical (unpaired) electrons. The van der Waals surface area contributed by atoms with Crippen LogP contribution in [-0.4, -0.2) is 30.6 Å². The van der Waals surface area contributed by atoms with E-state index in [1.54, 1.807) is 30.3 Å². The van der Waals surface area contributed by atoms with Gasteiger partial charge in [-0.3, -0.25) is 0 Å². The number of phenols is 6. The number of aromatic hydroxyl groups is 6. The van der Waals surface area contributed by atoms with Crippen LogP contribution in [0.5, 0.6) is 34.5 Å². The van der Waals surface area contributed by atoms with Crippen LogP contribution in [0.3, 0.4) is 0 Å². The fraction of sp³-hybridized carbons (Fsp3) is 0. The lowest BCUT2D eigenvalue weighted by atomic mass is 9.92. The molecule has 24 heavy (non-hydrogen) atoms. The molecule has 4 aromatic carbocycles. The highest BCUT2D eigenvalue weighted by molar-refractivity contribution is 6.30. The van der Waals surface area contributed by atoms with Gasteiger partial charge in [0, 0.05) is 16.2 Å². The highest BCUT2D eigenvalue weighted by Gasteiger charge is 2.24. The first-order chi connectivity index (χ1) is 11.4. The van der Waals surface area contributed by atoms with Crippen molar-refractivity contribution in [2.45, 2.75) is 0 Å². The Bertz CT molecular complexity index is 1140. The summed E-state index contributed by atoms with van der Waals surface area (Å²) in [5.41, 5.74) is 0. The third-order valence-corrected chi connectivity index (χ3v) is 4.29. The van der Waals surface area contributed by atoms with Crippen LogP contribution in [0.1, 0.15) is 0 Å². The summed E-state index contributed by atoms with van der Waals surface area (Å²) in [7, 11) is 0. The fourth-order valence-electron chi connectivity index (χ4n) is 3.20. The SMILES string of the molecule is Oc1ccc2c3ccccc3c3c(O)c(O)c(O)c(O)c3c2c1O. The number of hydrogen-bond donors (Lipinski definition) is 6. The largest absolute Gasteiger partial charge is 0.504 e. The van der Waals surface area contributed by atoms with Crippen molar-refractivity contribution in [1.82, 2.24) is 0 Å². The summed E-state index contributed by atoms with van der Waals surface area (Å²) in [6.07, 6.45) is 0. The summed E-state index contributed by atoms with van der Waals surface area (Å²) in [5.74, 6) is -3.99. The van der Waals surface area contributed by atoms with E-state index in [4.69, 9.17) is 0 Å². The average molecular weight is 324 g/mol. The van der Waals surface area contributed by atoms with Gasteiger partial charge in [-0.15, -0.1) is 0 Å². The van der Waals surface area contributed by atoms with Gasteiger partial charge < -0.3 is 30.6 Å². The first-order valence-corrected chi connectivity index (χ1v) is 7.08. The van der Waals surface area contributed by atoms with Gasteiger partial charge in [0.15, 0.2) is 23.0 Å². The number of phenolic OH excluding ortho intramolecular Hbond substituents is 6. The van der Waals surface area contributed by atoms with Crippen LogP contribution >= 0.6 is 0 Å². The molecule has 0 aromatic heterocycles. The van der Waals surface area contributed by atoms with Crippen molar-refractivity contribution in [3.8, 4) is 34.5 Å². The lowest BCUT2D eigenvalue weighted by Gasteiger charge is -2.16. The Morgan fingerprint density at radius 1 is 0.417 bits per heavy atom. The van der Waals surface area contributed by atoms with E-state index in [0.717, 1.165) is 0 Å². The lowest BCUT2D eigenvalue weighted by molar-refractivity contribution is 0.351. The number of rotatable bonds is 0. The van der Waals surface area contributed by atoms with E-state index in [-0.39, 0.29) is 16.2 Å².